The Hall–Kier alpha value is -3.76. The third kappa shape index (κ3) is 5.18. The van der Waals surface area contributed by atoms with E-state index < -0.39 is 54.5 Å². The quantitative estimate of drug-likeness (QED) is 0.296. The molecular weight excluding hydrogens is 456 g/mol. The van der Waals surface area contributed by atoms with Crippen molar-refractivity contribution >= 4 is 23.8 Å². The number of hydrogen-bond acceptors (Lipinski definition) is 8. The molecule has 0 bridgehead atoms. The molecule has 3 rings (SSSR count). The molecule has 0 saturated heterocycles. The molecule has 0 radical (unpaired) electrons. The smallest absolute Gasteiger partial charge is 0.330 e. The molecule has 0 saturated carbocycles. The minimum Gasteiger partial charge on any atom is -0.467 e. The highest BCUT2D eigenvalue weighted by atomic mass is 16.5. The number of amides is 2. The number of methoxy groups -OCH3 is 2. The molecule has 0 unspecified atom stereocenters. The van der Waals surface area contributed by atoms with E-state index in [1.165, 1.54) is 0 Å². The van der Waals surface area contributed by atoms with E-state index in [1.807, 2.05) is 24.3 Å². The zero-order valence-electron chi connectivity index (χ0n) is 19.4. The molecule has 10 heteroatoms. The number of fused-ring (bicyclic) bond motifs is 3. The van der Waals surface area contributed by atoms with Gasteiger partial charge < -0.3 is 30.3 Å². The summed E-state index contributed by atoms with van der Waals surface area (Å²) in [6.07, 6.45) is -0.150. The Morgan fingerprint density at radius 1 is 0.771 bits per heavy atom. The second-order valence-electron chi connectivity index (χ2n) is 8.21. The summed E-state index contributed by atoms with van der Waals surface area (Å²) in [5.41, 5.74) is 1.22. The zero-order chi connectivity index (χ0) is 25.6. The summed E-state index contributed by atoms with van der Waals surface area (Å²) in [4.78, 5) is 51.6. The van der Waals surface area contributed by atoms with Crippen LogP contribution < -0.4 is 10.6 Å². The number of carbonyl (C=O) groups excluding carboxylic acids is 4. The van der Waals surface area contributed by atoms with E-state index in [0.717, 1.165) is 25.3 Å². The van der Waals surface area contributed by atoms with Gasteiger partial charge in [-0.25, -0.2) is 9.59 Å². The lowest BCUT2D eigenvalue weighted by Crippen LogP contribution is -2.60. The predicted octanol–water partition coefficient (Wildman–Crippen LogP) is -0.261. The Labute approximate surface area is 202 Å². The van der Waals surface area contributed by atoms with Gasteiger partial charge in [0.2, 0.25) is 11.8 Å². The number of hydrogen-bond donors (Lipinski definition) is 4. The minimum atomic E-state index is -1.84. The molecule has 35 heavy (non-hydrogen) atoms. The first-order chi connectivity index (χ1) is 16.8. The summed E-state index contributed by atoms with van der Waals surface area (Å²) in [6.45, 7) is -1.49. The third-order valence-electron chi connectivity index (χ3n) is 6.13. The Morgan fingerprint density at radius 3 is 1.49 bits per heavy atom. The van der Waals surface area contributed by atoms with Gasteiger partial charge in [0.05, 0.1) is 27.4 Å². The summed E-state index contributed by atoms with van der Waals surface area (Å²) in [5.74, 6) is -3.44. The van der Waals surface area contributed by atoms with Crippen LogP contribution in [-0.2, 0) is 41.5 Å². The van der Waals surface area contributed by atoms with Crippen molar-refractivity contribution in [3.8, 4) is 11.1 Å². The molecule has 4 N–H and O–H groups in total. The molecule has 2 atom stereocenters. The van der Waals surface area contributed by atoms with Crippen LogP contribution in [0.3, 0.4) is 0 Å². The van der Waals surface area contributed by atoms with Crippen LogP contribution in [0.2, 0.25) is 0 Å². The number of carbonyl (C=O) groups is 4. The van der Waals surface area contributed by atoms with Gasteiger partial charge in [0.1, 0.15) is 5.41 Å². The molecular formula is C25H28N2O8. The van der Waals surface area contributed by atoms with E-state index in [0.29, 0.717) is 11.1 Å². The number of rotatable bonds is 8. The Balaban J connectivity index is 2.14. The molecule has 1 aliphatic rings. The molecule has 2 aromatic rings. The summed E-state index contributed by atoms with van der Waals surface area (Å²) in [5, 5.41) is 24.2. The van der Waals surface area contributed by atoms with Crippen molar-refractivity contribution in [3.63, 3.8) is 0 Å². The highest BCUT2D eigenvalue weighted by Crippen LogP contribution is 2.40. The fourth-order valence-electron chi connectivity index (χ4n) is 4.25. The van der Waals surface area contributed by atoms with Gasteiger partial charge in [0.15, 0.2) is 12.1 Å². The van der Waals surface area contributed by atoms with Crippen molar-refractivity contribution in [2.45, 2.75) is 24.9 Å². The van der Waals surface area contributed by atoms with Gasteiger partial charge in [-0.15, -0.1) is 0 Å². The van der Waals surface area contributed by atoms with Gasteiger partial charge in [-0.2, -0.15) is 0 Å². The zero-order valence-corrected chi connectivity index (χ0v) is 19.4. The van der Waals surface area contributed by atoms with Gasteiger partial charge in [-0.05, 0) is 35.1 Å². The van der Waals surface area contributed by atoms with Crippen molar-refractivity contribution in [2.24, 2.45) is 5.41 Å². The molecule has 10 nitrogen and oxygen atoms in total. The summed E-state index contributed by atoms with van der Waals surface area (Å²) < 4.78 is 9.28. The van der Waals surface area contributed by atoms with E-state index in [9.17, 15) is 29.4 Å². The van der Waals surface area contributed by atoms with E-state index in [4.69, 9.17) is 0 Å². The Morgan fingerprint density at radius 2 is 1.14 bits per heavy atom. The highest BCUT2D eigenvalue weighted by Gasteiger charge is 2.50. The summed E-state index contributed by atoms with van der Waals surface area (Å²) in [7, 11) is 2.22. The van der Waals surface area contributed by atoms with Gasteiger partial charge in [0.25, 0.3) is 0 Å². The molecule has 2 amide bonds. The van der Waals surface area contributed by atoms with Crippen LogP contribution in [0.5, 0.6) is 0 Å². The fraction of sp³-hybridized carbons (Fsp3) is 0.360. The first kappa shape index (κ1) is 25.9. The van der Waals surface area contributed by atoms with Crippen LogP contribution in [0.4, 0.5) is 0 Å². The number of aliphatic hydroxyl groups excluding tert-OH is 2. The second-order valence-corrected chi connectivity index (χ2v) is 8.21. The van der Waals surface area contributed by atoms with Crippen LogP contribution in [0.1, 0.15) is 11.1 Å². The topological polar surface area (TPSA) is 151 Å². The van der Waals surface area contributed by atoms with Crippen LogP contribution in [-0.4, -0.2) is 73.5 Å². The van der Waals surface area contributed by atoms with Gasteiger partial charge >= 0.3 is 11.9 Å². The van der Waals surface area contributed by atoms with Crippen molar-refractivity contribution in [1.29, 1.82) is 0 Å². The molecule has 0 aliphatic heterocycles. The maximum atomic E-state index is 13.8. The van der Waals surface area contributed by atoms with E-state index in [-0.39, 0.29) is 12.8 Å². The maximum absolute atomic E-state index is 13.8. The lowest BCUT2D eigenvalue weighted by molar-refractivity contribution is -0.153. The molecule has 0 fully saturated rings. The van der Waals surface area contributed by atoms with Crippen LogP contribution in [0.25, 0.3) is 11.1 Å². The molecule has 186 valence electrons. The Bertz CT molecular complexity index is 1030. The lowest BCUT2D eigenvalue weighted by atomic mass is 9.75. The van der Waals surface area contributed by atoms with Crippen LogP contribution >= 0.6 is 0 Å². The molecule has 0 aromatic heterocycles. The normalized spacial score (nSPS) is 15.3. The molecule has 2 aromatic carbocycles. The van der Waals surface area contributed by atoms with E-state index in [1.54, 1.807) is 24.3 Å². The third-order valence-corrected chi connectivity index (χ3v) is 6.13. The van der Waals surface area contributed by atoms with Crippen LogP contribution in [0, 0.1) is 5.41 Å². The highest BCUT2D eigenvalue weighted by molar-refractivity contribution is 6.08. The van der Waals surface area contributed by atoms with Gasteiger partial charge in [0, 0.05) is 0 Å². The number of aliphatic hydroxyl groups is 2. The first-order valence-electron chi connectivity index (χ1n) is 11.0. The monoisotopic (exact) mass is 484 g/mol. The van der Waals surface area contributed by atoms with Crippen molar-refractivity contribution < 1.29 is 38.9 Å². The van der Waals surface area contributed by atoms with Crippen molar-refractivity contribution in [1.82, 2.24) is 10.6 Å². The number of benzene rings is 2. The predicted molar refractivity (Wildman–Crippen MR) is 124 cm³/mol. The average Bonchev–Trinajstić information content (AvgIpc) is 3.04. The lowest BCUT2D eigenvalue weighted by Gasteiger charge is -2.33. The first-order valence-corrected chi connectivity index (χ1v) is 11.0. The largest absolute Gasteiger partial charge is 0.467 e. The average molecular weight is 485 g/mol. The SMILES string of the molecule is COC(=O)[C@H](CO)NC(=O)C1(C(=O)N[C@@H](CO)C(=O)OC)Cc2ccccc2-c2ccccc2C1. The van der Waals surface area contributed by atoms with Crippen molar-refractivity contribution in [3.05, 3.63) is 59.7 Å². The Kier molecular flexibility index (Phi) is 8.21. The number of ether oxygens (including phenoxy) is 2. The maximum Gasteiger partial charge on any atom is 0.330 e. The number of esters is 2. The van der Waals surface area contributed by atoms with Gasteiger partial charge in [-0.1, -0.05) is 48.5 Å². The molecule has 0 spiro atoms. The minimum absolute atomic E-state index is 0.0752. The van der Waals surface area contributed by atoms with Crippen molar-refractivity contribution in [2.75, 3.05) is 27.4 Å². The van der Waals surface area contributed by atoms with E-state index >= 15 is 0 Å². The molecule has 0 heterocycles. The molecule has 1 aliphatic carbocycles. The summed E-state index contributed by atoms with van der Waals surface area (Å²) in [6, 6.07) is 11.8. The fourth-order valence-corrected chi connectivity index (χ4v) is 4.25. The standard InChI is InChI=1S/C25H28N2O8/c1-34-21(30)19(13-28)26-23(32)25(24(33)27-20(14-29)22(31)35-2)11-15-7-3-5-9-17(15)18-10-6-4-8-16(18)12-25/h3-10,19-20,28-29H,11-14H2,1-2H3,(H,26,32)(H,27,33)/t19-,20-/m0/s1. The van der Waals surface area contributed by atoms with Crippen LogP contribution in [0.15, 0.2) is 48.5 Å². The summed E-state index contributed by atoms with van der Waals surface area (Å²) >= 11 is 0. The second kappa shape index (κ2) is 11.1. The van der Waals surface area contributed by atoms with E-state index in [2.05, 4.69) is 20.1 Å². The van der Waals surface area contributed by atoms with Gasteiger partial charge in [-0.3, -0.25) is 9.59 Å². The number of nitrogens with one attached hydrogen (secondary N) is 2.